The number of methoxy groups -OCH3 is 2. The number of halogens is 1. The van der Waals surface area contributed by atoms with Crippen LogP contribution >= 0.6 is 11.6 Å². The molecule has 1 N–H and O–H groups in total. The van der Waals surface area contributed by atoms with Gasteiger partial charge in [0.05, 0.1) is 33.3 Å². The Kier molecular flexibility index (Phi) is 7.49. The molecule has 0 spiro atoms. The minimum absolute atomic E-state index is 0.00195. The molecule has 2 aromatic carbocycles. The van der Waals surface area contributed by atoms with E-state index in [1.165, 1.54) is 14.2 Å². The molecule has 0 saturated carbocycles. The highest BCUT2D eigenvalue weighted by molar-refractivity contribution is 6.30. The van der Waals surface area contributed by atoms with Crippen LogP contribution in [-0.4, -0.2) is 32.7 Å². The van der Waals surface area contributed by atoms with Gasteiger partial charge in [0.25, 0.3) is 5.91 Å². The maximum Gasteiger partial charge on any atom is 0.307 e. The maximum atomic E-state index is 12.7. The van der Waals surface area contributed by atoms with E-state index in [0.29, 0.717) is 28.7 Å². The highest BCUT2D eigenvalue weighted by Crippen LogP contribution is 2.28. The first-order chi connectivity index (χ1) is 13.0. The van der Waals surface area contributed by atoms with Gasteiger partial charge in [-0.1, -0.05) is 23.7 Å². The van der Waals surface area contributed by atoms with Gasteiger partial charge in [-0.05, 0) is 42.8 Å². The smallest absolute Gasteiger partial charge is 0.307 e. The Hall–Kier alpha value is -2.73. The fraction of sp³-hybridized carbons (Fsp3) is 0.300. The first-order valence-corrected chi connectivity index (χ1v) is 8.80. The quantitative estimate of drug-likeness (QED) is 0.693. The molecule has 1 atom stereocenters. The van der Waals surface area contributed by atoms with E-state index in [-0.39, 0.29) is 12.3 Å². The lowest BCUT2D eigenvalue weighted by Gasteiger charge is -2.19. The van der Waals surface area contributed by atoms with E-state index < -0.39 is 12.0 Å². The van der Waals surface area contributed by atoms with Crippen LogP contribution in [0.2, 0.25) is 5.02 Å². The summed E-state index contributed by atoms with van der Waals surface area (Å²) in [5.41, 5.74) is 1.13. The van der Waals surface area contributed by atoms with Crippen LogP contribution in [0.3, 0.4) is 0 Å². The monoisotopic (exact) mass is 391 g/mol. The fourth-order valence-electron chi connectivity index (χ4n) is 2.52. The Labute approximate surface area is 163 Å². The number of carbonyl (C=O) groups excluding carboxylic acids is 2. The highest BCUT2D eigenvalue weighted by Gasteiger charge is 2.20. The second-order valence-electron chi connectivity index (χ2n) is 5.66. The summed E-state index contributed by atoms with van der Waals surface area (Å²) in [5.74, 6) is 0.237. The topological polar surface area (TPSA) is 73.9 Å². The number of esters is 1. The molecular formula is C20H22ClNO5. The average Bonchev–Trinajstić information content (AvgIpc) is 2.68. The van der Waals surface area contributed by atoms with Crippen molar-refractivity contribution in [3.63, 3.8) is 0 Å². The van der Waals surface area contributed by atoms with Crippen molar-refractivity contribution in [1.29, 1.82) is 0 Å². The molecule has 0 aromatic heterocycles. The minimum Gasteiger partial charge on any atom is -0.493 e. The van der Waals surface area contributed by atoms with E-state index in [9.17, 15) is 9.59 Å². The van der Waals surface area contributed by atoms with Crippen molar-refractivity contribution in [3.8, 4) is 11.5 Å². The zero-order chi connectivity index (χ0) is 19.8. The lowest BCUT2D eigenvalue weighted by Crippen LogP contribution is -2.30. The number of ether oxygens (including phenoxy) is 3. The summed E-state index contributed by atoms with van der Waals surface area (Å²) in [4.78, 5) is 24.5. The molecule has 2 aromatic rings. The van der Waals surface area contributed by atoms with E-state index in [1.54, 1.807) is 42.5 Å². The van der Waals surface area contributed by atoms with Gasteiger partial charge in [0.2, 0.25) is 0 Å². The van der Waals surface area contributed by atoms with Crippen LogP contribution in [0.15, 0.2) is 42.5 Å². The van der Waals surface area contributed by atoms with Crippen molar-refractivity contribution in [2.45, 2.75) is 19.4 Å². The molecule has 0 aliphatic rings. The molecule has 0 bridgehead atoms. The number of benzene rings is 2. The SMILES string of the molecule is CCOc1ccc(C(=O)NC(CC(=O)OC)c2ccc(Cl)cc2)cc1OC. The van der Waals surface area contributed by atoms with Crippen LogP contribution in [0, 0.1) is 0 Å². The number of carbonyl (C=O) groups is 2. The first kappa shape index (κ1) is 20.6. The predicted octanol–water partition coefficient (Wildman–Crippen LogP) is 3.78. The molecule has 0 radical (unpaired) electrons. The number of hydrogen-bond acceptors (Lipinski definition) is 5. The molecule has 144 valence electrons. The van der Waals surface area contributed by atoms with Crippen molar-refractivity contribution >= 4 is 23.5 Å². The third-order valence-electron chi connectivity index (χ3n) is 3.90. The Bertz CT molecular complexity index is 791. The van der Waals surface area contributed by atoms with Crippen LogP contribution < -0.4 is 14.8 Å². The first-order valence-electron chi connectivity index (χ1n) is 8.42. The molecule has 0 saturated heterocycles. The Morgan fingerprint density at radius 3 is 2.37 bits per heavy atom. The van der Waals surface area contributed by atoms with Crippen LogP contribution in [0.4, 0.5) is 0 Å². The Balaban J connectivity index is 2.24. The summed E-state index contributed by atoms with van der Waals surface area (Å²) >= 11 is 5.92. The van der Waals surface area contributed by atoms with E-state index in [0.717, 1.165) is 5.56 Å². The number of rotatable bonds is 8. The summed E-state index contributed by atoms with van der Waals surface area (Å²) < 4.78 is 15.5. The van der Waals surface area contributed by atoms with E-state index in [1.807, 2.05) is 6.92 Å². The second-order valence-corrected chi connectivity index (χ2v) is 6.09. The van der Waals surface area contributed by atoms with Gasteiger partial charge in [-0.25, -0.2) is 0 Å². The van der Waals surface area contributed by atoms with E-state index in [2.05, 4.69) is 5.32 Å². The van der Waals surface area contributed by atoms with Gasteiger partial charge in [-0.2, -0.15) is 0 Å². The van der Waals surface area contributed by atoms with Crippen LogP contribution in [0.5, 0.6) is 11.5 Å². The van der Waals surface area contributed by atoms with Crippen molar-refractivity contribution < 1.29 is 23.8 Å². The molecule has 27 heavy (non-hydrogen) atoms. The van der Waals surface area contributed by atoms with Gasteiger partial charge in [-0.15, -0.1) is 0 Å². The molecule has 0 aliphatic heterocycles. The van der Waals surface area contributed by atoms with Crippen molar-refractivity contribution in [2.24, 2.45) is 0 Å². The van der Waals surface area contributed by atoms with Gasteiger partial charge in [0.1, 0.15) is 0 Å². The summed E-state index contributed by atoms with van der Waals surface area (Å²) in [6.07, 6.45) is -0.00195. The molecule has 6 nitrogen and oxygen atoms in total. The lowest BCUT2D eigenvalue weighted by molar-refractivity contribution is -0.141. The van der Waals surface area contributed by atoms with Crippen molar-refractivity contribution in [2.75, 3.05) is 20.8 Å². The Morgan fingerprint density at radius 2 is 1.78 bits per heavy atom. The average molecular weight is 392 g/mol. The van der Waals surface area contributed by atoms with Gasteiger partial charge in [0.15, 0.2) is 11.5 Å². The zero-order valence-corrected chi connectivity index (χ0v) is 16.2. The predicted molar refractivity (Wildman–Crippen MR) is 102 cm³/mol. The van der Waals surface area contributed by atoms with Crippen molar-refractivity contribution in [1.82, 2.24) is 5.32 Å². The van der Waals surface area contributed by atoms with Gasteiger partial charge in [-0.3, -0.25) is 9.59 Å². The number of amides is 1. The lowest BCUT2D eigenvalue weighted by atomic mass is 10.0. The number of hydrogen-bond donors (Lipinski definition) is 1. The molecular weight excluding hydrogens is 370 g/mol. The Morgan fingerprint density at radius 1 is 1.07 bits per heavy atom. The minimum atomic E-state index is -0.556. The molecule has 1 unspecified atom stereocenters. The summed E-state index contributed by atoms with van der Waals surface area (Å²) in [5, 5.41) is 3.43. The zero-order valence-electron chi connectivity index (χ0n) is 15.5. The van der Waals surface area contributed by atoms with Crippen LogP contribution in [0.25, 0.3) is 0 Å². The van der Waals surface area contributed by atoms with Crippen molar-refractivity contribution in [3.05, 3.63) is 58.6 Å². The summed E-state index contributed by atoms with van der Waals surface area (Å²) in [7, 11) is 2.81. The normalized spacial score (nSPS) is 11.4. The molecule has 1 amide bonds. The van der Waals surface area contributed by atoms with E-state index >= 15 is 0 Å². The fourth-order valence-corrected chi connectivity index (χ4v) is 2.65. The van der Waals surface area contributed by atoms with Gasteiger partial charge < -0.3 is 19.5 Å². The van der Waals surface area contributed by atoms with Crippen LogP contribution in [-0.2, 0) is 9.53 Å². The maximum absolute atomic E-state index is 12.7. The standard InChI is InChI=1S/C20H22ClNO5/c1-4-27-17-10-7-14(11-18(17)25-2)20(24)22-16(12-19(23)26-3)13-5-8-15(21)9-6-13/h5-11,16H,4,12H2,1-3H3,(H,22,24). The molecule has 0 aliphatic carbocycles. The van der Waals surface area contributed by atoms with Crippen LogP contribution in [0.1, 0.15) is 35.3 Å². The second kappa shape index (κ2) is 9.83. The third-order valence-corrected chi connectivity index (χ3v) is 4.15. The molecule has 0 heterocycles. The van der Waals surface area contributed by atoms with Gasteiger partial charge in [0, 0.05) is 10.6 Å². The number of nitrogens with one attached hydrogen (secondary N) is 1. The largest absolute Gasteiger partial charge is 0.493 e. The molecule has 0 fully saturated rings. The van der Waals surface area contributed by atoms with Gasteiger partial charge >= 0.3 is 5.97 Å². The molecule has 7 heteroatoms. The molecule has 2 rings (SSSR count). The summed E-state index contributed by atoms with van der Waals surface area (Å²) in [6.45, 7) is 2.35. The third kappa shape index (κ3) is 5.62. The van der Waals surface area contributed by atoms with E-state index in [4.69, 9.17) is 25.8 Å². The summed E-state index contributed by atoms with van der Waals surface area (Å²) in [6, 6.07) is 11.3. The highest BCUT2D eigenvalue weighted by atomic mass is 35.5.